The van der Waals surface area contributed by atoms with E-state index in [0.717, 1.165) is 24.8 Å². The number of benzene rings is 1. The summed E-state index contributed by atoms with van der Waals surface area (Å²) in [6.07, 6.45) is 14.4. The maximum atomic E-state index is 11.5. The van der Waals surface area contributed by atoms with Crippen LogP contribution in [0.5, 0.6) is 0 Å². The zero-order valence-electron chi connectivity index (χ0n) is 30.3. The Kier molecular flexibility index (Phi) is 8.69. The van der Waals surface area contributed by atoms with Crippen LogP contribution in [0.15, 0.2) is 42.5 Å². The quantitative estimate of drug-likeness (QED) is 0.286. The fourth-order valence-corrected chi connectivity index (χ4v) is 14.6. The van der Waals surface area contributed by atoms with Crippen molar-refractivity contribution in [3.05, 3.63) is 53.6 Å². The number of hydrogen-bond acceptors (Lipinski definition) is 4. The van der Waals surface area contributed by atoms with Crippen LogP contribution in [0.2, 0.25) is 0 Å². The van der Waals surface area contributed by atoms with Gasteiger partial charge >= 0.3 is 5.97 Å². The summed E-state index contributed by atoms with van der Waals surface area (Å²) in [5.41, 5.74) is 5.72. The number of carboxylic acid groups (broad SMARTS) is 1. The van der Waals surface area contributed by atoms with Crippen molar-refractivity contribution in [1.29, 1.82) is 0 Å². The first kappa shape index (κ1) is 33.9. The fraction of sp³-hybridized carbons (Fsp3) is 0.738. The molecule has 1 saturated heterocycles. The van der Waals surface area contributed by atoms with Crippen molar-refractivity contribution < 1.29 is 9.90 Å². The molecule has 258 valence electrons. The summed E-state index contributed by atoms with van der Waals surface area (Å²) in [6, 6.07) is 7.67. The fourth-order valence-electron chi connectivity index (χ4n) is 13.6. The third-order valence-electron chi connectivity index (χ3n) is 16.1. The summed E-state index contributed by atoms with van der Waals surface area (Å²) in [7, 11) is 0. The van der Waals surface area contributed by atoms with Crippen molar-refractivity contribution in [2.24, 2.45) is 51.2 Å². The second-order valence-corrected chi connectivity index (χ2v) is 19.4. The lowest BCUT2D eigenvalue weighted by atomic mass is 9.33. The average molecular weight is 659 g/mol. The van der Waals surface area contributed by atoms with Gasteiger partial charge in [0, 0.05) is 43.2 Å². The normalized spacial score (nSPS) is 42.8. The summed E-state index contributed by atoms with van der Waals surface area (Å²) in [4.78, 5) is 14.2. The lowest BCUT2D eigenvalue weighted by molar-refractivity contribution is -0.219. The Labute approximate surface area is 290 Å². The Bertz CT molecular complexity index is 1410. The van der Waals surface area contributed by atoms with Gasteiger partial charge in [-0.2, -0.15) is 11.8 Å². The monoisotopic (exact) mass is 658 g/mol. The van der Waals surface area contributed by atoms with E-state index in [9.17, 15) is 9.90 Å². The zero-order valence-corrected chi connectivity index (χ0v) is 31.1. The molecule has 6 aliphatic rings. The second-order valence-electron chi connectivity index (χ2n) is 18.1. The molecule has 5 aliphatic carbocycles. The van der Waals surface area contributed by atoms with Gasteiger partial charge in [-0.3, -0.25) is 0 Å². The van der Waals surface area contributed by atoms with E-state index in [2.05, 4.69) is 76.2 Å². The van der Waals surface area contributed by atoms with Crippen LogP contribution in [0.3, 0.4) is 0 Å². The minimum absolute atomic E-state index is 0.0476. The van der Waals surface area contributed by atoms with Crippen LogP contribution in [-0.2, 0) is 0 Å². The molecule has 9 atom stereocenters. The number of allylic oxidation sites excluding steroid dienone is 3. The van der Waals surface area contributed by atoms with E-state index in [1.54, 1.807) is 12.1 Å². The molecule has 0 aromatic heterocycles. The molecule has 1 aliphatic heterocycles. The Balaban J connectivity index is 1.17. The van der Waals surface area contributed by atoms with E-state index in [0.29, 0.717) is 34.1 Å². The SMILES string of the molecule is C=C(C)C1CCC2(NCCN3CCSCC3)CCC3(C)C(CCC4C5(C)CC=C(c6ccc(C(=O)O)cc6)C(C)(C)C5CCC43C)C12. The molecule has 0 spiro atoms. The van der Waals surface area contributed by atoms with Gasteiger partial charge in [0.25, 0.3) is 0 Å². The number of rotatable bonds is 7. The first-order valence-corrected chi connectivity index (χ1v) is 20.2. The Hall–Kier alpha value is -1.56. The largest absolute Gasteiger partial charge is 0.478 e. The van der Waals surface area contributed by atoms with Gasteiger partial charge in [0.15, 0.2) is 0 Å². The van der Waals surface area contributed by atoms with Crippen LogP contribution in [0.25, 0.3) is 5.57 Å². The van der Waals surface area contributed by atoms with Gasteiger partial charge in [0.2, 0.25) is 0 Å². The molecule has 0 amide bonds. The second kappa shape index (κ2) is 12.0. The highest BCUT2D eigenvalue weighted by Gasteiger charge is 2.70. The molecular formula is C42H62N2O2S. The molecule has 1 heterocycles. The van der Waals surface area contributed by atoms with Gasteiger partial charge in [0.05, 0.1) is 5.56 Å². The summed E-state index contributed by atoms with van der Waals surface area (Å²) in [6.45, 7) is 25.0. The maximum absolute atomic E-state index is 11.5. The van der Waals surface area contributed by atoms with Crippen LogP contribution < -0.4 is 5.32 Å². The Morgan fingerprint density at radius 3 is 2.34 bits per heavy atom. The molecular weight excluding hydrogens is 597 g/mol. The van der Waals surface area contributed by atoms with Gasteiger partial charge in [-0.05, 0) is 139 Å². The number of nitrogens with one attached hydrogen (secondary N) is 1. The summed E-state index contributed by atoms with van der Waals surface area (Å²) >= 11 is 2.11. The van der Waals surface area contributed by atoms with E-state index >= 15 is 0 Å². The lowest BCUT2D eigenvalue weighted by Crippen LogP contribution is -2.68. The topological polar surface area (TPSA) is 52.6 Å². The highest BCUT2D eigenvalue weighted by Crippen LogP contribution is 2.76. The van der Waals surface area contributed by atoms with Gasteiger partial charge in [0.1, 0.15) is 0 Å². The van der Waals surface area contributed by atoms with Gasteiger partial charge in [-0.1, -0.05) is 65.0 Å². The molecule has 1 aromatic rings. The van der Waals surface area contributed by atoms with Crippen LogP contribution in [0.4, 0.5) is 0 Å². The average Bonchev–Trinajstić information content (AvgIpc) is 3.42. The molecule has 5 fully saturated rings. The number of nitrogens with zero attached hydrogens (tertiary/aromatic N) is 1. The number of thioether (sulfide) groups is 1. The van der Waals surface area contributed by atoms with Crippen molar-refractivity contribution in [3.63, 3.8) is 0 Å². The van der Waals surface area contributed by atoms with Gasteiger partial charge < -0.3 is 15.3 Å². The van der Waals surface area contributed by atoms with E-state index in [-0.39, 0.29) is 16.4 Å². The van der Waals surface area contributed by atoms with E-state index in [4.69, 9.17) is 0 Å². The summed E-state index contributed by atoms with van der Waals surface area (Å²) < 4.78 is 0. The highest BCUT2D eigenvalue weighted by atomic mass is 32.2. The first-order chi connectivity index (χ1) is 22.3. The number of hydrogen-bond donors (Lipinski definition) is 2. The van der Waals surface area contributed by atoms with Crippen molar-refractivity contribution >= 4 is 23.3 Å². The summed E-state index contributed by atoms with van der Waals surface area (Å²) in [5.74, 6) is 5.20. The standard InChI is InChI=1S/C42H62N2O2S/c1-28(2)31-14-19-42(43-22-23-44-24-26-47-27-25-44)21-20-40(6)33(36(31)42)12-13-35-39(5)17-15-32(29-8-10-30(11-9-29)37(45)46)38(3,4)34(39)16-18-41(35,40)7/h8-11,15,31,33-36,43H,1,12-14,16-27H2,2-7H3,(H,45,46). The van der Waals surface area contributed by atoms with Crippen LogP contribution in [-0.4, -0.2) is 59.2 Å². The lowest BCUT2D eigenvalue weighted by Gasteiger charge is -2.72. The Morgan fingerprint density at radius 2 is 1.66 bits per heavy atom. The third-order valence-corrected chi connectivity index (χ3v) is 17.0. The smallest absolute Gasteiger partial charge is 0.335 e. The van der Waals surface area contributed by atoms with Crippen molar-refractivity contribution in [3.8, 4) is 0 Å². The molecule has 0 radical (unpaired) electrons. The predicted octanol–water partition coefficient (Wildman–Crippen LogP) is 9.43. The van der Waals surface area contributed by atoms with E-state index in [1.165, 1.54) is 99.2 Å². The first-order valence-electron chi connectivity index (χ1n) is 19.0. The maximum Gasteiger partial charge on any atom is 0.335 e. The van der Waals surface area contributed by atoms with E-state index < -0.39 is 5.97 Å². The molecule has 9 unspecified atom stereocenters. The molecule has 0 bridgehead atoms. The predicted molar refractivity (Wildman–Crippen MR) is 198 cm³/mol. The van der Waals surface area contributed by atoms with Gasteiger partial charge in [-0.25, -0.2) is 4.79 Å². The molecule has 5 heteroatoms. The van der Waals surface area contributed by atoms with Crippen molar-refractivity contribution in [1.82, 2.24) is 10.2 Å². The molecule has 4 nitrogen and oxygen atoms in total. The van der Waals surface area contributed by atoms with Crippen LogP contribution >= 0.6 is 11.8 Å². The van der Waals surface area contributed by atoms with Gasteiger partial charge in [-0.15, -0.1) is 0 Å². The minimum Gasteiger partial charge on any atom is -0.478 e. The minimum atomic E-state index is -0.851. The van der Waals surface area contributed by atoms with Crippen molar-refractivity contribution in [2.45, 2.75) is 105 Å². The van der Waals surface area contributed by atoms with Crippen LogP contribution in [0, 0.1) is 51.2 Å². The van der Waals surface area contributed by atoms with E-state index in [1.807, 2.05) is 12.1 Å². The highest BCUT2D eigenvalue weighted by molar-refractivity contribution is 7.99. The summed E-state index contributed by atoms with van der Waals surface area (Å²) in [5, 5.41) is 13.8. The zero-order chi connectivity index (χ0) is 33.4. The molecule has 7 rings (SSSR count). The Morgan fingerprint density at radius 1 is 0.936 bits per heavy atom. The third kappa shape index (κ3) is 5.17. The molecule has 4 saturated carbocycles. The van der Waals surface area contributed by atoms with Crippen molar-refractivity contribution in [2.75, 3.05) is 37.7 Å². The molecule has 2 N–H and O–H groups in total. The van der Waals surface area contributed by atoms with Crippen LogP contribution in [0.1, 0.15) is 115 Å². The number of carboxylic acids is 1. The number of aromatic carboxylic acids is 1. The number of carbonyl (C=O) groups is 1. The molecule has 1 aromatic carbocycles. The molecule has 47 heavy (non-hydrogen) atoms. The number of fused-ring (bicyclic) bond motifs is 7.